The fourth-order valence-corrected chi connectivity index (χ4v) is 2.25. The normalized spacial score (nSPS) is 14.4. The lowest BCUT2D eigenvalue weighted by Crippen LogP contribution is -2.23. The molecule has 3 rings (SSSR count). The van der Waals surface area contributed by atoms with E-state index in [4.69, 9.17) is 5.11 Å². The molecule has 3 nitrogen and oxygen atoms in total. The fraction of sp³-hybridized carbons (Fsp3) is 0.231. The van der Waals surface area contributed by atoms with Crippen molar-refractivity contribution in [3.05, 3.63) is 41.7 Å². The summed E-state index contributed by atoms with van der Waals surface area (Å²) in [5.74, 6) is 0. The largest absolute Gasteiger partial charge is 0.395 e. The highest BCUT2D eigenvalue weighted by Gasteiger charge is 2.14. The maximum atomic E-state index is 8.92. The number of H-pyrrole nitrogens is 1. The van der Waals surface area contributed by atoms with Crippen LogP contribution in [0.15, 0.2) is 30.5 Å². The molecule has 16 heavy (non-hydrogen) atoms. The van der Waals surface area contributed by atoms with Gasteiger partial charge in [-0.25, -0.2) is 0 Å². The van der Waals surface area contributed by atoms with Crippen LogP contribution in [0, 0.1) is 0 Å². The van der Waals surface area contributed by atoms with Gasteiger partial charge in [0.25, 0.3) is 0 Å². The Bertz CT molecular complexity index is 542. The van der Waals surface area contributed by atoms with E-state index in [0.717, 1.165) is 6.54 Å². The number of nitrogens with one attached hydrogen (secondary N) is 1. The highest BCUT2D eigenvalue weighted by Crippen LogP contribution is 2.27. The minimum atomic E-state index is 0.194. The zero-order chi connectivity index (χ0) is 11.0. The lowest BCUT2D eigenvalue weighted by atomic mass is 10.1. The first kappa shape index (κ1) is 9.48. The Morgan fingerprint density at radius 2 is 2.19 bits per heavy atom. The number of aliphatic hydroxyl groups is 1. The number of aromatic nitrogens is 1. The third-order valence-electron chi connectivity index (χ3n) is 3.03. The summed E-state index contributed by atoms with van der Waals surface area (Å²) in [6, 6.07) is 8.33. The number of hydrogen-bond acceptors (Lipinski definition) is 2. The van der Waals surface area contributed by atoms with Gasteiger partial charge in [0.2, 0.25) is 0 Å². The summed E-state index contributed by atoms with van der Waals surface area (Å²) >= 11 is 0. The molecular formula is C13H14N2O. The van der Waals surface area contributed by atoms with Crippen LogP contribution >= 0.6 is 0 Å². The van der Waals surface area contributed by atoms with E-state index in [1.807, 2.05) is 6.07 Å². The first-order chi connectivity index (χ1) is 7.88. The van der Waals surface area contributed by atoms with Crippen molar-refractivity contribution in [1.82, 2.24) is 9.88 Å². The van der Waals surface area contributed by atoms with Crippen LogP contribution < -0.4 is 0 Å². The van der Waals surface area contributed by atoms with Gasteiger partial charge in [-0.2, -0.15) is 0 Å². The Labute approximate surface area is 94.0 Å². The lowest BCUT2D eigenvalue weighted by molar-refractivity contribution is 0.231. The first-order valence-electron chi connectivity index (χ1n) is 5.51. The number of aromatic amines is 1. The Hall–Kier alpha value is -1.74. The average molecular weight is 214 g/mol. The maximum absolute atomic E-state index is 8.92. The molecule has 1 aliphatic heterocycles. The van der Waals surface area contributed by atoms with Crippen molar-refractivity contribution >= 4 is 17.0 Å². The smallest absolute Gasteiger partial charge is 0.0606 e. The monoisotopic (exact) mass is 214 g/mol. The van der Waals surface area contributed by atoms with E-state index >= 15 is 0 Å². The van der Waals surface area contributed by atoms with Crippen molar-refractivity contribution < 1.29 is 5.11 Å². The molecule has 2 aromatic rings. The quantitative estimate of drug-likeness (QED) is 0.802. The molecular weight excluding hydrogens is 200 g/mol. The van der Waals surface area contributed by atoms with E-state index in [9.17, 15) is 0 Å². The van der Waals surface area contributed by atoms with Gasteiger partial charge in [0.05, 0.1) is 13.2 Å². The zero-order valence-corrected chi connectivity index (χ0v) is 8.98. The fourth-order valence-electron chi connectivity index (χ4n) is 2.25. The molecule has 0 fully saturated rings. The van der Waals surface area contributed by atoms with E-state index in [-0.39, 0.29) is 6.61 Å². The van der Waals surface area contributed by atoms with E-state index in [2.05, 4.69) is 40.4 Å². The lowest BCUT2D eigenvalue weighted by Gasteiger charge is -2.22. The molecule has 0 saturated carbocycles. The number of rotatable bonds is 2. The molecule has 0 saturated heterocycles. The third kappa shape index (κ3) is 1.41. The second-order valence-electron chi connectivity index (χ2n) is 4.07. The topological polar surface area (TPSA) is 39.3 Å². The minimum Gasteiger partial charge on any atom is -0.395 e. The van der Waals surface area contributed by atoms with Crippen LogP contribution in [0.2, 0.25) is 0 Å². The molecule has 1 aliphatic rings. The summed E-state index contributed by atoms with van der Waals surface area (Å²) in [7, 11) is 0. The third-order valence-corrected chi connectivity index (χ3v) is 3.03. The molecule has 0 aliphatic carbocycles. The van der Waals surface area contributed by atoms with Gasteiger partial charge in [-0.05, 0) is 12.1 Å². The standard InChI is InChI=1S/C13H14N2O/c16-8-7-15-6-5-11-10-3-1-2-4-12(10)14-13(11)9-15/h1-6,14,16H,7-9H2. The van der Waals surface area contributed by atoms with Crippen LogP contribution in [0.1, 0.15) is 11.3 Å². The number of β-amino-alcohol motifs (C(OH)–C–C–N with tert-alkyl or cyclic N) is 1. The van der Waals surface area contributed by atoms with Crippen molar-refractivity contribution in [3.8, 4) is 0 Å². The zero-order valence-electron chi connectivity index (χ0n) is 8.98. The number of aliphatic hydroxyl groups excluding tert-OH is 1. The summed E-state index contributed by atoms with van der Waals surface area (Å²) in [6.45, 7) is 1.73. The van der Waals surface area contributed by atoms with Crippen LogP contribution in [0.25, 0.3) is 17.0 Å². The van der Waals surface area contributed by atoms with Crippen molar-refractivity contribution in [3.63, 3.8) is 0 Å². The highest BCUT2D eigenvalue weighted by molar-refractivity contribution is 5.90. The van der Waals surface area contributed by atoms with Crippen molar-refractivity contribution in [1.29, 1.82) is 0 Å². The van der Waals surface area contributed by atoms with Crippen LogP contribution in [-0.2, 0) is 6.54 Å². The van der Waals surface area contributed by atoms with Gasteiger partial charge in [-0.1, -0.05) is 18.2 Å². The van der Waals surface area contributed by atoms with E-state index in [0.29, 0.717) is 6.54 Å². The van der Waals surface area contributed by atoms with Crippen molar-refractivity contribution in [2.45, 2.75) is 6.54 Å². The molecule has 0 bridgehead atoms. The van der Waals surface area contributed by atoms with Crippen LogP contribution in [0.3, 0.4) is 0 Å². The summed E-state index contributed by atoms with van der Waals surface area (Å²) in [6.07, 6.45) is 4.17. The molecule has 0 unspecified atom stereocenters. The van der Waals surface area contributed by atoms with E-state index in [1.165, 1.54) is 22.2 Å². The molecule has 0 radical (unpaired) electrons. The van der Waals surface area contributed by atoms with Crippen molar-refractivity contribution in [2.75, 3.05) is 13.2 Å². The Morgan fingerprint density at radius 1 is 1.31 bits per heavy atom. The SMILES string of the molecule is OCCN1C=Cc2c([nH]c3ccccc23)C1. The van der Waals surface area contributed by atoms with Gasteiger partial charge in [0.1, 0.15) is 0 Å². The molecule has 3 heteroatoms. The van der Waals surface area contributed by atoms with Crippen LogP contribution in [-0.4, -0.2) is 28.1 Å². The Kier molecular flexibility index (Phi) is 2.18. The van der Waals surface area contributed by atoms with Crippen molar-refractivity contribution in [2.24, 2.45) is 0 Å². The summed E-state index contributed by atoms with van der Waals surface area (Å²) in [5, 5.41) is 10.2. The second-order valence-corrected chi connectivity index (χ2v) is 4.07. The molecule has 1 aromatic carbocycles. The minimum absolute atomic E-state index is 0.194. The van der Waals surface area contributed by atoms with Gasteiger partial charge >= 0.3 is 0 Å². The number of fused-ring (bicyclic) bond motifs is 3. The van der Waals surface area contributed by atoms with Gasteiger partial charge in [-0.15, -0.1) is 0 Å². The highest BCUT2D eigenvalue weighted by atomic mass is 16.3. The maximum Gasteiger partial charge on any atom is 0.0606 e. The Morgan fingerprint density at radius 3 is 3.06 bits per heavy atom. The number of hydrogen-bond donors (Lipinski definition) is 2. The average Bonchev–Trinajstić information content (AvgIpc) is 2.67. The summed E-state index contributed by atoms with van der Waals surface area (Å²) < 4.78 is 0. The van der Waals surface area contributed by atoms with E-state index in [1.54, 1.807) is 0 Å². The second kappa shape index (κ2) is 3.68. The summed E-state index contributed by atoms with van der Waals surface area (Å²) in [4.78, 5) is 5.54. The molecule has 2 N–H and O–H groups in total. The number of nitrogens with zero attached hydrogens (tertiary/aromatic N) is 1. The van der Waals surface area contributed by atoms with Gasteiger partial charge in [0.15, 0.2) is 0 Å². The Balaban J connectivity index is 2.05. The summed E-state index contributed by atoms with van der Waals surface area (Å²) in [5.41, 5.74) is 3.70. The molecule has 82 valence electrons. The first-order valence-corrected chi connectivity index (χ1v) is 5.51. The molecule has 2 heterocycles. The van der Waals surface area contributed by atoms with Gasteiger partial charge in [-0.3, -0.25) is 0 Å². The van der Waals surface area contributed by atoms with Crippen LogP contribution in [0.5, 0.6) is 0 Å². The van der Waals surface area contributed by atoms with Crippen LogP contribution in [0.4, 0.5) is 0 Å². The predicted octanol–water partition coefficient (Wildman–Crippen LogP) is 1.95. The molecule has 1 aromatic heterocycles. The molecule has 0 amide bonds. The molecule has 0 spiro atoms. The van der Waals surface area contributed by atoms with Gasteiger partial charge in [0, 0.05) is 34.9 Å². The predicted molar refractivity (Wildman–Crippen MR) is 64.8 cm³/mol. The molecule has 0 atom stereocenters. The van der Waals surface area contributed by atoms with Gasteiger partial charge < -0.3 is 15.0 Å². The van der Waals surface area contributed by atoms with E-state index < -0.39 is 0 Å². The number of para-hydroxylation sites is 1. The number of benzene rings is 1.